The molecule has 4 rings (SSSR count). The second kappa shape index (κ2) is 6.38. The lowest BCUT2D eigenvalue weighted by Crippen LogP contribution is -2.06. The molecule has 3 aromatic rings. The average molecular weight is 364 g/mol. The number of rotatable bonds is 6. The molecule has 1 fully saturated rings. The number of imidazole rings is 1. The summed E-state index contributed by atoms with van der Waals surface area (Å²) in [5, 5.41) is 19.6. The zero-order valence-corrected chi connectivity index (χ0v) is 14.9. The molecule has 126 valence electrons. The highest BCUT2D eigenvalue weighted by Gasteiger charge is 2.29. The van der Waals surface area contributed by atoms with Crippen molar-refractivity contribution in [2.45, 2.75) is 36.2 Å². The molecular formula is C16H18ClN5OS. The van der Waals surface area contributed by atoms with Crippen LogP contribution in [0.5, 0.6) is 0 Å². The summed E-state index contributed by atoms with van der Waals surface area (Å²) < 4.78 is 4.10. The van der Waals surface area contributed by atoms with Gasteiger partial charge in [0.15, 0.2) is 5.16 Å². The van der Waals surface area contributed by atoms with E-state index in [-0.39, 0.29) is 6.61 Å². The van der Waals surface area contributed by atoms with Crippen molar-refractivity contribution in [3.8, 4) is 0 Å². The minimum Gasteiger partial charge on any atom is -0.395 e. The van der Waals surface area contributed by atoms with E-state index in [2.05, 4.69) is 19.7 Å². The van der Waals surface area contributed by atoms with Crippen LogP contribution < -0.4 is 0 Å². The number of fused-ring (bicyclic) bond motifs is 1. The van der Waals surface area contributed by atoms with E-state index < -0.39 is 0 Å². The molecule has 6 nitrogen and oxygen atoms in total. The van der Waals surface area contributed by atoms with Crippen LogP contribution in [-0.2, 0) is 19.3 Å². The number of hydrogen-bond donors (Lipinski definition) is 1. The Bertz CT molecular complexity index is 886. The third-order valence-corrected chi connectivity index (χ3v) is 5.51. The van der Waals surface area contributed by atoms with E-state index in [0.717, 1.165) is 27.8 Å². The topological polar surface area (TPSA) is 68.8 Å². The first kappa shape index (κ1) is 15.9. The highest BCUT2D eigenvalue weighted by molar-refractivity contribution is 7.98. The number of benzene rings is 1. The number of hydrogen-bond acceptors (Lipinski definition) is 5. The lowest BCUT2D eigenvalue weighted by atomic mass is 10.3. The number of nitrogens with zero attached hydrogens (tertiary/aromatic N) is 5. The first-order valence-corrected chi connectivity index (χ1v) is 9.31. The van der Waals surface area contributed by atoms with Gasteiger partial charge in [0.2, 0.25) is 0 Å². The van der Waals surface area contributed by atoms with Crippen molar-refractivity contribution < 1.29 is 5.11 Å². The van der Waals surface area contributed by atoms with Crippen molar-refractivity contribution in [3.63, 3.8) is 0 Å². The van der Waals surface area contributed by atoms with Gasteiger partial charge in [-0.25, -0.2) is 4.98 Å². The van der Waals surface area contributed by atoms with Crippen LogP contribution in [0.25, 0.3) is 11.0 Å². The summed E-state index contributed by atoms with van der Waals surface area (Å²) in [6.07, 6.45) is 2.42. The van der Waals surface area contributed by atoms with Crippen LogP contribution in [0.15, 0.2) is 23.4 Å². The molecule has 0 bridgehead atoms. The largest absolute Gasteiger partial charge is 0.395 e. The molecule has 1 aliphatic carbocycles. The van der Waals surface area contributed by atoms with Gasteiger partial charge in [-0.2, -0.15) is 0 Å². The van der Waals surface area contributed by atoms with E-state index in [4.69, 9.17) is 11.6 Å². The van der Waals surface area contributed by atoms with Crippen molar-refractivity contribution in [2.24, 2.45) is 7.05 Å². The van der Waals surface area contributed by atoms with Gasteiger partial charge in [-0.1, -0.05) is 23.4 Å². The minimum atomic E-state index is 0.0609. The predicted molar refractivity (Wildman–Crippen MR) is 94.4 cm³/mol. The number of aromatic nitrogens is 5. The van der Waals surface area contributed by atoms with Gasteiger partial charge in [-0.3, -0.25) is 0 Å². The maximum atomic E-state index is 9.38. The summed E-state index contributed by atoms with van der Waals surface area (Å²) in [6, 6.07) is 5.64. The van der Waals surface area contributed by atoms with E-state index in [1.165, 1.54) is 12.8 Å². The van der Waals surface area contributed by atoms with Crippen molar-refractivity contribution >= 4 is 34.4 Å². The summed E-state index contributed by atoms with van der Waals surface area (Å²) in [5.74, 6) is 3.23. The predicted octanol–water partition coefficient (Wildman–Crippen LogP) is 2.98. The Hall–Kier alpha value is -1.57. The van der Waals surface area contributed by atoms with E-state index >= 15 is 0 Å². The Morgan fingerprint density at radius 1 is 1.33 bits per heavy atom. The van der Waals surface area contributed by atoms with Gasteiger partial charge in [0, 0.05) is 24.5 Å². The monoisotopic (exact) mass is 363 g/mol. The van der Waals surface area contributed by atoms with Crippen molar-refractivity contribution in [1.82, 2.24) is 24.3 Å². The molecule has 0 atom stereocenters. The van der Waals surface area contributed by atoms with Crippen LogP contribution in [-0.4, -0.2) is 36.0 Å². The summed E-state index contributed by atoms with van der Waals surface area (Å²) in [5.41, 5.74) is 1.84. The zero-order chi connectivity index (χ0) is 16.7. The van der Waals surface area contributed by atoms with Gasteiger partial charge in [-0.05, 0) is 31.0 Å². The van der Waals surface area contributed by atoms with Gasteiger partial charge in [0.1, 0.15) is 11.6 Å². The lowest BCUT2D eigenvalue weighted by molar-refractivity contribution is 0.276. The van der Waals surface area contributed by atoms with E-state index in [9.17, 15) is 5.11 Å². The second-order valence-corrected chi connectivity index (χ2v) is 7.38. The van der Waals surface area contributed by atoms with Gasteiger partial charge in [-0.15, -0.1) is 10.2 Å². The van der Waals surface area contributed by atoms with Crippen molar-refractivity contribution in [1.29, 1.82) is 0 Å². The lowest BCUT2D eigenvalue weighted by Gasteiger charge is -2.07. The van der Waals surface area contributed by atoms with Gasteiger partial charge < -0.3 is 14.2 Å². The molecular weight excluding hydrogens is 346 g/mol. The normalized spacial score (nSPS) is 14.6. The highest BCUT2D eigenvalue weighted by Crippen LogP contribution is 2.39. The highest BCUT2D eigenvalue weighted by atomic mass is 35.5. The maximum Gasteiger partial charge on any atom is 0.191 e. The number of halogens is 1. The second-order valence-electron chi connectivity index (χ2n) is 6.00. The zero-order valence-electron chi connectivity index (χ0n) is 13.3. The third kappa shape index (κ3) is 2.92. The molecule has 1 N–H and O–H groups in total. The molecule has 0 spiro atoms. The Morgan fingerprint density at radius 2 is 2.17 bits per heavy atom. The third-order valence-electron chi connectivity index (χ3n) is 4.25. The van der Waals surface area contributed by atoms with Crippen molar-refractivity contribution in [3.05, 3.63) is 34.9 Å². The quantitative estimate of drug-likeness (QED) is 0.682. The maximum absolute atomic E-state index is 9.38. The molecule has 2 heterocycles. The molecule has 2 aromatic heterocycles. The van der Waals surface area contributed by atoms with Gasteiger partial charge >= 0.3 is 0 Å². The fraction of sp³-hybridized carbons (Fsp3) is 0.438. The molecule has 1 aromatic carbocycles. The van der Waals surface area contributed by atoms with Crippen LogP contribution in [0.4, 0.5) is 0 Å². The standard InChI is InChI=1S/C16H18ClN5OS/c1-21-15(10-2-3-10)19-20-16(21)24-9-14-18-12-5-4-11(17)8-13(12)22(14)6-7-23/h4-5,8,10,23H,2-3,6-7,9H2,1H3. The molecule has 1 aliphatic rings. The molecule has 0 aliphatic heterocycles. The smallest absolute Gasteiger partial charge is 0.191 e. The molecule has 0 amide bonds. The fourth-order valence-electron chi connectivity index (χ4n) is 2.88. The number of aliphatic hydroxyl groups excluding tert-OH is 1. The Morgan fingerprint density at radius 3 is 2.92 bits per heavy atom. The van der Waals surface area contributed by atoms with Crippen LogP contribution >= 0.6 is 23.4 Å². The first-order chi connectivity index (χ1) is 11.7. The SMILES string of the molecule is Cn1c(SCc2nc3ccc(Cl)cc3n2CCO)nnc1C1CC1. The van der Waals surface area contributed by atoms with Crippen molar-refractivity contribution in [2.75, 3.05) is 6.61 Å². The van der Waals surface area contributed by atoms with Crippen LogP contribution in [0.1, 0.15) is 30.4 Å². The summed E-state index contributed by atoms with van der Waals surface area (Å²) in [4.78, 5) is 4.69. The Labute approximate surface area is 148 Å². The Balaban J connectivity index is 1.60. The molecule has 0 saturated heterocycles. The molecule has 24 heavy (non-hydrogen) atoms. The number of aliphatic hydroxyl groups is 1. The number of thioether (sulfide) groups is 1. The van der Waals surface area contributed by atoms with Crippen LogP contribution in [0.3, 0.4) is 0 Å². The van der Waals surface area contributed by atoms with Crippen LogP contribution in [0.2, 0.25) is 5.02 Å². The van der Waals surface area contributed by atoms with E-state index in [1.54, 1.807) is 11.8 Å². The molecule has 8 heteroatoms. The summed E-state index contributed by atoms with van der Waals surface area (Å²) in [7, 11) is 2.02. The summed E-state index contributed by atoms with van der Waals surface area (Å²) in [6.45, 7) is 0.560. The Kier molecular flexibility index (Phi) is 4.24. The molecule has 1 saturated carbocycles. The summed E-state index contributed by atoms with van der Waals surface area (Å²) >= 11 is 7.72. The van der Waals surface area contributed by atoms with Crippen LogP contribution in [0, 0.1) is 0 Å². The fourth-order valence-corrected chi connectivity index (χ4v) is 3.91. The molecule has 0 radical (unpaired) electrons. The average Bonchev–Trinajstić information content (AvgIpc) is 3.27. The first-order valence-electron chi connectivity index (χ1n) is 7.95. The van der Waals surface area contributed by atoms with E-state index in [0.29, 0.717) is 23.2 Å². The van der Waals surface area contributed by atoms with Gasteiger partial charge in [0.05, 0.1) is 23.4 Å². The van der Waals surface area contributed by atoms with Gasteiger partial charge in [0.25, 0.3) is 0 Å². The van der Waals surface area contributed by atoms with E-state index in [1.807, 2.05) is 29.8 Å². The molecule has 0 unspecified atom stereocenters. The minimum absolute atomic E-state index is 0.0609.